The molecule has 3 rings (SSSR count). The normalized spacial score (nSPS) is 21.8. The van der Waals surface area contributed by atoms with Crippen LogP contribution in [0.25, 0.3) is 0 Å². The smallest absolute Gasteiger partial charge is 0.310 e. The molecule has 2 aliphatic heterocycles. The van der Waals surface area contributed by atoms with Gasteiger partial charge in [0.05, 0.1) is 13.0 Å². The molecular formula is C14H20N4O3. The van der Waals surface area contributed by atoms with E-state index in [2.05, 4.69) is 15.5 Å². The summed E-state index contributed by atoms with van der Waals surface area (Å²) in [5.41, 5.74) is 2.49. The fraction of sp³-hybridized carbons (Fsp3) is 0.643. The van der Waals surface area contributed by atoms with Gasteiger partial charge in [-0.1, -0.05) is 0 Å². The highest BCUT2D eigenvalue weighted by Crippen LogP contribution is 2.22. The number of methoxy groups -OCH3 is 1. The number of ether oxygens (including phenoxy) is 1. The molecule has 1 atom stereocenters. The average Bonchev–Trinajstić information content (AvgIpc) is 2.97. The van der Waals surface area contributed by atoms with Gasteiger partial charge in [-0.05, 0) is 12.8 Å². The van der Waals surface area contributed by atoms with Crippen molar-refractivity contribution in [1.29, 1.82) is 0 Å². The summed E-state index contributed by atoms with van der Waals surface area (Å²) in [4.78, 5) is 26.0. The number of hydrogen-bond donors (Lipinski definition) is 2. The summed E-state index contributed by atoms with van der Waals surface area (Å²) in [6, 6.07) is 0. The van der Waals surface area contributed by atoms with Crippen molar-refractivity contribution < 1.29 is 14.3 Å². The van der Waals surface area contributed by atoms with E-state index in [-0.39, 0.29) is 17.8 Å². The van der Waals surface area contributed by atoms with Crippen LogP contribution in [0.1, 0.15) is 34.6 Å². The van der Waals surface area contributed by atoms with Crippen LogP contribution in [-0.2, 0) is 22.5 Å². The van der Waals surface area contributed by atoms with E-state index in [1.807, 2.05) is 0 Å². The summed E-state index contributed by atoms with van der Waals surface area (Å²) in [5.74, 6) is -0.552. The first-order valence-electron chi connectivity index (χ1n) is 7.34. The molecule has 0 radical (unpaired) electrons. The summed E-state index contributed by atoms with van der Waals surface area (Å²) < 4.78 is 4.79. The Hall–Kier alpha value is -1.89. The summed E-state index contributed by atoms with van der Waals surface area (Å²) in [5, 5.41) is 10.4. The topological polar surface area (TPSA) is 87.3 Å². The summed E-state index contributed by atoms with van der Waals surface area (Å²) in [6.07, 6.45) is 2.45. The first kappa shape index (κ1) is 14.1. The SMILES string of the molecule is COC(=O)C1CCCN(C(=O)c2n[nH]c3c2CNCC3)C1. The maximum atomic E-state index is 12.7. The molecule has 0 aliphatic carbocycles. The highest BCUT2D eigenvalue weighted by molar-refractivity contribution is 5.94. The lowest BCUT2D eigenvalue weighted by molar-refractivity contribution is -0.146. The van der Waals surface area contributed by atoms with Gasteiger partial charge in [-0.25, -0.2) is 0 Å². The molecule has 1 fully saturated rings. The van der Waals surface area contributed by atoms with Gasteiger partial charge in [-0.15, -0.1) is 0 Å². The number of piperidine rings is 1. The number of fused-ring (bicyclic) bond motifs is 1. The number of carbonyl (C=O) groups excluding carboxylic acids is 2. The molecule has 21 heavy (non-hydrogen) atoms. The van der Waals surface area contributed by atoms with Crippen molar-refractivity contribution in [1.82, 2.24) is 20.4 Å². The van der Waals surface area contributed by atoms with Crippen LogP contribution in [-0.4, -0.2) is 53.7 Å². The van der Waals surface area contributed by atoms with Crippen LogP contribution < -0.4 is 5.32 Å². The molecule has 1 unspecified atom stereocenters. The zero-order chi connectivity index (χ0) is 14.8. The number of H-pyrrole nitrogens is 1. The summed E-state index contributed by atoms with van der Waals surface area (Å²) in [6.45, 7) is 2.65. The lowest BCUT2D eigenvalue weighted by atomic mass is 9.97. The van der Waals surface area contributed by atoms with Crippen LogP contribution in [0.4, 0.5) is 0 Å². The maximum Gasteiger partial charge on any atom is 0.310 e. The van der Waals surface area contributed by atoms with Crippen molar-refractivity contribution in [3.8, 4) is 0 Å². The Morgan fingerprint density at radius 2 is 2.29 bits per heavy atom. The van der Waals surface area contributed by atoms with E-state index in [0.717, 1.165) is 37.1 Å². The van der Waals surface area contributed by atoms with Crippen molar-refractivity contribution in [3.05, 3.63) is 17.0 Å². The Morgan fingerprint density at radius 3 is 3.10 bits per heavy atom. The van der Waals surface area contributed by atoms with E-state index in [0.29, 0.717) is 25.3 Å². The van der Waals surface area contributed by atoms with Crippen LogP contribution >= 0.6 is 0 Å². The van der Waals surface area contributed by atoms with Gasteiger partial charge in [-0.3, -0.25) is 14.7 Å². The number of carbonyl (C=O) groups is 2. The van der Waals surface area contributed by atoms with Crippen molar-refractivity contribution in [2.75, 3.05) is 26.7 Å². The zero-order valence-corrected chi connectivity index (χ0v) is 12.1. The Balaban J connectivity index is 1.75. The molecule has 1 saturated heterocycles. The Bertz CT molecular complexity index is 554. The molecule has 2 aliphatic rings. The minimum absolute atomic E-state index is 0.0928. The van der Waals surface area contributed by atoms with Crippen LogP contribution in [0.5, 0.6) is 0 Å². The lowest BCUT2D eigenvalue weighted by Crippen LogP contribution is -2.43. The lowest BCUT2D eigenvalue weighted by Gasteiger charge is -2.31. The minimum atomic E-state index is -0.238. The van der Waals surface area contributed by atoms with Gasteiger partial charge >= 0.3 is 5.97 Å². The van der Waals surface area contributed by atoms with E-state index in [1.54, 1.807) is 4.90 Å². The maximum absolute atomic E-state index is 12.7. The highest BCUT2D eigenvalue weighted by atomic mass is 16.5. The number of rotatable bonds is 2. The highest BCUT2D eigenvalue weighted by Gasteiger charge is 2.32. The van der Waals surface area contributed by atoms with Crippen molar-refractivity contribution in [2.45, 2.75) is 25.8 Å². The molecule has 1 aromatic heterocycles. The zero-order valence-electron chi connectivity index (χ0n) is 12.1. The van der Waals surface area contributed by atoms with E-state index >= 15 is 0 Å². The van der Waals surface area contributed by atoms with Crippen LogP contribution in [0.2, 0.25) is 0 Å². The molecule has 1 aromatic rings. The van der Waals surface area contributed by atoms with Gasteiger partial charge in [0.1, 0.15) is 0 Å². The molecule has 1 amide bonds. The summed E-state index contributed by atoms with van der Waals surface area (Å²) in [7, 11) is 1.39. The molecular weight excluding hydrogens is 272 g/mol. The second kappa shape index (κ2) is 5.85. The average molecular weight is 292 g/mol. The van der Waals surface area contributed by atoms with Gasteiger partial charge in [0.2, 0.25) is 0 Å². The Morgan fingerprint density at radius 1 is 1.43 bits per heavy atom. The molecule has 7 nitrogen and oxygen atoms in total. The molecule has 7 heteroatoms. The number of amides is 1. The van der Waals surface area contributed by atoms with Gasteiger partial charge in [0.25, 0.3) is 5.91 Å². The number of aromatic nitrogens is 2. The van der Waals surface area contributed by atoms with Gasteiger partial charge in [-0.2, -0.15) is 5.10 Å². The van der Waals surface area contributed by atoms with E-state index in [1.165, 1.54) is 7.11 Å². The predicted octanol–water partition coefficient (Wildman–Crippen LogP) is 0.0806. The second-order valence-electron chi connectivity index (χ2n) is 5.57. The first-order chi connectivity index (χ1) is 10.2. The predicted molar refractivity (Wildman–Crippen MR) is 74.6 cm³/mol. The largest absolute Gasteiger partial charge is 0.469 e. The molecule has 3 heterocycles. The third kappa shape index (κ3) is 2.65. The van der Waals surface area contributed by atoms with Crippen molar-refractivity contribution in [2.24, 2.45) is 5.92 Å². The van der Waals surface area contributed by atoms with E-state index in [9.17, 15) is 9.59 Å². The van der Waals surface area contributed by atoms with Crippen LogP contribution in [0.15, 0.2) is 0 Å². The number of nitrogens with zero attached hydrogens (tertiary/aromatic N) is 2. The molecule has 114 valence electrons. The van der Waals surface area contributed by atoms with Gasteiger partial charge in [0.15, 0.2) is 5.69 Å². The first-order valence-corrected chi connectivity index (χ1v) is 7.34. The van der Waals surface area contributed by atoms with Gasteiger partial charge < -0.3 is 15.0 Å². The number of hydrogen-bond acceptors (Lipinski definition) is 5. The Labute approximate surface area is 123 Å². The Kier molecular flexibility index (Phi) is 3.92. The molecule has 0 bridgehead atoms. The van der Waals surface area contributed by atoms with E-state index < -0.39 is 0 Å². The summed E-state index contributed by atoms with van der Waals surface area (Å²) >= 11 is 0. The van der Waals surface area contributed by atoms with Gasteiger partial charge in [0, 0.05) is 43.9 Å². The quantitative estimate of drug-likeness (QED) is 0.754. The number of esters is 1. The molecule has 2 N–H and O–H groups in total. The van der Waals surface area contributed by atoms with Crippen molar-refractivity contribution >= 4 is 11.9 Å². The van der Waals surface area contributed by atoms with E-state index in [4.69, 9.17) is 4.74 Å². The monoisotopic (exact) mass is 292 g/mol. The van der Waals surface area contributed by atoms with Crippen LogP contribution in [0, 0.1) is 5.92 Å². The van der Waals surface area contributed by atoms with Crippen LogP contribution in [0.3, 0.4) is 0 Å². The molecule has 0 aromatic carbocycles. The minimum Gasteiger partial charge on any atom is -0.469 e. The standard InChI is InChI=1S/C14H20N4O3/c1-21-14(20)9-3-2-6-18(8-9)13(19)12-10-7-15-5-4-11(10)16-17-12/h9,15H,2-8H2,1H3,(H,16,17). The number of nitrogens with one attached hydrogen (secondary N) is 2. The number of aromatic amines is 1. The fourth-order valence-electron chi connectivity index (χ4n) is 3.07. The second-order valence-corrected chi connectivity index (χ2v) is 5.57. The third-order valence-corrected chi connectivity index (χ3v) is 4.25. The fourth-order valence-corrected chi connectivity index (χ4v) is 3.07. The van der Waals surface area contributed by atoms with Crippen molar-refractivity contribution in [3.63, 3.8) is 0 Å². The number of likely N-dealkylation sites (tertiary alicyclic amines) is 1. The molecule has 0 saturated carbocycles. The molecule has 0 spiro atoms. The third-order valence-electron chi connectivity index (χ3n) is 4.25.